The van der Waals surface area contributed by atoms with Crippen LogP contribution in [0.4, 0.5) is 0 Å². The van der Waals surface area contributed by atoms with Crippen molar-refractivity contribution < 1.29 is 9.47 Å². The van der Waals surface area contributed by atoms with Gasteiger partial charge in [0.2, 0.25) is 0 Å². The summed E-state index contributed by atoms with van der Waals surface area (Å²) >= 11 is 0. The van der Waals surface area contributed by atoms with Crippen molar-refractivity contribution in [1.29, 1.82) is 0 Å². The van der Waals surface area contributed by atoms with Crippen LogP contribution < -0.4 is 15.2 Å². The van der Waals surface area contributed by atoms with Crippen molar-refractivity contribution in [3.63, 3.8) is 0 Å². The second kappa shape index (κ2) is 6.50. The van der Waals surface area contributed by atoms with E-state index in [0.717, 1.165) is 29.9 Å². The molecule has 2 N–H and O–H groups in total. The van der Waals surface area contributed by atoms with Gasteiger partial charge in [0, 0.05) is 6.04 Å². The standard InChI is InChI=1S/C14H23NO2/c1-10(2)8-9-11(15)14-12(16-3)6-5-7-13(14)17-4/h5-7,10-11H,8-9,15H2,1-4H3/t11-/m1/s1. The molecule has 0 aliphatic rings. The zero-order valence-corrected chi connectivity index (χ0v) is 11.2. The van der Waals surface area contributed by atoms with E-state index in [4.69, 9.17) is 15.2 Å². The Bertz CT molecular complexity index is 328. The van der Waals surface area contributed by atoms with Crippen LogP contribution in [0.3, 0.4) is 0 Å². The van der Waals surface area contributed by atoms with E-state index in [-0.39, 0.29) is 6.04 Å². The van der Waals surface area contributed by atoms with Crippen LogP contribution in [0.25, 0.3) is 0 Å². The Balaban J connectivity index is 2.92. The second-order valence-corrected chi connectivity index (χ2v) is 4.65. The van der Waals surface area contributed by atoms with Crippen LogP contribution in [-0.2, 0) is 0 Å². The lowest BCUT2D eigenvalue weighted by Crippen LogP contribution is -2.13. The third-order valence-corrected chi connectivity index (χ3v) is 2.89. The normalized spacial score (nSPS) is 12.6. The maximum atomic E-state index is 6.24. The summed E-state index contributed by atoms with van der Waals surface area (Å²) in [7, 11) is 3.32. The Morgan fingerprint density at radius 2 is 1.59 bits per heavy atom. The second-order valence-electron chi connectivity index (χ2n) is 4.65. The molecule has 0 amide bonds. The van der Waals surface area contributed by atoms with Crippen molar-refractivity contribution in [1.82, 2.24) is 0 Å². The highest BCUT2D eigenvalue weighted by molar-refractivity contribution is 5.46. The quantitative estimate of drug-likeness (QED) is 0.826. The summed E-state index contributed by atoms with van der Waals surface area (Å²) in [5.74, 6) is 2.27. The number of rotatable bonds is 6. The number of benzene rings is 1. The van der Waals surface area contributed by atoms with Crippen LogP contribution >= 0.6 is 0 Å². The minimum Gasteiger partial charge on any atom is -0.496 e. The molecule has 3 nitrogen and oxygen atoms in total. The summed E-state index contributed by atoms with van der Waals surface area (Å²) < 4.78 is 10.7. The van der Waals surface area contributed by atoms with Gasteiger partial charge in [0.1, 0.15) is 11.5 Å². The molecule has 0 bridgehead atoms. The molecular weight excluding hydrogens is 214 g/mol. The number of nitrogens with two attached hydrogens (primary N) is 1. The fourth-order valence-electron chi connectivity index (χ4n) is 1.90. The van der Waals surface area contributed by atoms with Crippen LogP contribution in [0.1, 0.15) is 38.3 Å². The highest BCUT2D eigenvalue weighted by Gasteiger charge is 2.17. The van der Waals surface area contributed by atoms with Gasteiger partial charge in [-0.3, -0.25) is 0 Å². The van der Waals surface area contributed by atoms with E-state index < -0.39 is 0 Å². The third kappa shape index (κ3) is 3.63. The van der Waals surface area contributed by atoms with E-state index in [9.17, 15) is 0 Å². The van der Waals surface area contributed by atoms with Crippen molar-refractivity contribution in [3.05, 3.63) is 23.8 Å². The smallest absolute Gasteiger partial charge is 0.127 e. The van der Waals surface area contributed by atoms with E-state index in [1.807, 2.05) is 18.2 Å². The van der Waals surface area contributed by atoms with E-state index in [0.29, 0.717) is 5.92 Å². The molecule has 0 aliphatic heterocycles. The molecule has 1 rings (SSSR count). The largest absolute Gasteiger partial charge is 0.496 e. The summed E-state index contributed by atoms with van der Waals surface area (Å²) in [4.78, 5) is 0. The molecule has 17 heavy (non-hydrogen) atoms. The molecule has 0 spiro atoms. The maximum Gasteiger partial charge on any atom is 0.127 e. The van der Waals surface area contributed by atoms with E-state index in [1.165, 1.54) is 0 Å². The highest BCUT2D eigenvalue weighted by Crippen LogP contribution is 2.35. The molecule has 1 aromatic carbocycles. The Hall–Kier alpha value is -1.22. The molecule has 0 fully saturated rings. The molecule has 96 valence electrons. The average Bonchev–Trinajstić information content (AvgIpc) is 2.34. The summed E-state index contributed by atoms with van der Waals surface area (Å²) in [6.07, 6.45) is 2.04. The van der Waals surface area contributed by atoms with Gasteiger partial charge in [-0.15, -0.1) is 0 Å². The summed E-state index contributed by atoms with van der Waals surface area (Å²) in [6.45, 7) is 4.40. The summed E-state index contributed by atoms with van der Waals surface area (Å²) in [5, 5.41) is 0. The van der Waals surface area contributed by atoms with Gasteiger partial charge in [-0.25, -0.2) is 0 Å². The van der Waals surface area contributed by atoms with Gasteiger partial charge in [0.25, 0.3) is 0 Å². The fourth-order valence-corrected chi connectivity index (χ4v) is 1.90. The number of hydrogen-bond acceptors (Lipinski definition) is 3. The summed E-state index contributed by atoms with van der Waals surface area (Å²) in [5.41, 5.74) is 7.21. The van der Waals surface area contributed by atoms with Crippen LogP contribution in [0.2, 0.25) is 0 Å². The fraction of sp³-hybridized carbons (Fsp3) is 0.571. The first-order valence-electron chi connectivity index (χ1n) is 6.06. The van der Waals surface area contributed by atoms with Crippen molar-refractivity contribution >= 4 is 0 Å². The minimum absolute atomic E-state index is 0.0384. The van der Waals surface area contributed by atoms with Gasteiger partial charge in [0.15, 0.2) is 0 Å². The van der Waals surface area contributed by atoms with E-state index >= 15 is 0 Å². The van der Waals surface area contributed by atoms with Crippen LogP contribution in [0.15, 0.2) is 18.2 Å². The molecule has 0 heterocycles. The molecule has 0 radical (unpaired) electrons. The first-order chi connectivity index (χ1) is 8.10. The Morgan fingerprint density at radius 1 is 1.06 bits per heavy atom. The molecule has 0 aliphatic carbocycles. The number of hydrogen-bond donors (Lipinski definition) is 1. The highest BCUT2D eigenvalue weighted by atomic mass is 16.5. The maximum absolute atomic E-state index is 6.24. The molecular formula is C14H23NO2. The van der Waals surface area contributed by atoms with Crippen LogP contribution in [0.5, 0.6) is 11.5 Å². The van der Waals surface area contributed by atoms with Crippen molar-refractivity contribution in [2.45, 2.75) is 32.7 Å². The molecule has 1 aromatic rings. The zero-order valence-electron chi connectivity index (χ0n) is 11.2. The predicted molar refractivity (Wildman–Crippen MR) is 70.5 cm³/mol. The topological polar surface area (TPSA) is 44.5 Å². The van der Waals surface area contributed by atoms with E-state index in [1.54, 1.807) is 14.2 Å². The predicted octanol–water partition coefficient (Wildman–Crippen LogP) is 3.14. The Morgan fingerprint density at radius 3 is 2.00 bits per heavy atom. The monoisotopic (exact) mass is 237 g/mol. The van der Waals surface area contributed by atoms with Gasteiger partial charge < -0.3 is 15.2 Å². The molecule has 0 saturated carbocycles. The molecule has 0 aromatic heterocycles. The molecule has 0 unspecified atom stereocenters. The Kier molecular flexibility index (Phi) is 5.29. The average molecular weight is 237 g/mol. The van der Waals surface area contributed by atoms with Gasteiger partial charge >= 0.3 is 0 Å². The van der Waals surface area contributed by atoms with Crippen LogP contribution in [-0.4, -0.2) is 14.2 Å². The summed E-state index contributed by atoms with van der Waals surface area (Å²) in [6, 6.07) is 5.72. The lowest BCUT2D eigenvalue weighted by molar-refractivity contribution is 0.373. The molecule has 0 saturated heterocycles. The number of ether oxygens (including phenoxy) is 2. The zero-order chi connectivity index (χ0) is 12.8. The van der Waals surface area contributed by atoms with Crippen LogP contribution in [0, 0.1) is 5.92 Å². The first kappa shape index (κ1) is 13.8. The minimum atomic E-state index is -0.0384. The lowest BCUT2D eigenvalue weighted by Gasteiger charge is -2.19. The third-order valence-electron chi connectivity index (χ3n) is 2.89. The van der Waals surface area contributed by atoms with Crippen molar-refractivity contribution in [2.75, 3.05) is 14.2 Å². The molecule has 3 heteroatoms. The lowest BCUT2D eigenvalue weighted by atomic mass is 9.97. The van der Waals surface area contributed by atoms with Gasteiger partial charge in [-0.05, 0) is 30.9 Å². The first-order valence-corrected chi connectivity index (χ1v) is 6.06. The van der Waals surface area contributed by atoms with Gasteiger partial charge in [-0.1, -0.05) is 19.9 Å². The molecule has 1 atom stereocenters. The van der Waals surface area contributed by atoms with Crippen molar-refractivity contribution in [3.8, 4) is 11.5 Å². The Labute approximate surface area is 104 Å². The SMILES string of the molecule is COc1cccc(OC)c1[C@H](N)CCC(C)C. The van der Waals surface area contributed by atoms with E-state index in [2.05, 4.69) is 13.8 Å². The van der Waals surface area contributed by atoms with Gasteiger partial charge in [0.05, 0.1) is 19.8 Å². The van der Waals surface area contributed by atoms with Gasteiger partial charge in [-0.2, -0.15) is 0 Å². The number of methoxy groups -OCH3 is 2. The van der Waals surface area contributed by atoms with Crippen molar-refractivity contribution in [2.24, 2.45) is 11.7 Å².